The molecule has 0 bridgehead atoms. The molecule has 0 aliphatic carbocycles. The lowest BCUT2D eigenvalue weighted by molar-refractivity contribution is -0.127. The minimum absolute atomic E-state index is 0.101. The number of benzene rings is 1. The summed E-state index contributed by atoms with van der Waals surface area (Å²) in [5.74, 6) is 0.0444. The summed E-state index contributed by atoms with van der Waals surface area (Å²) in [4.78, 5) is 24.4. The topological polar surface area (TPSA) is 67.4 Å². The smallest absolute Gasteiger partial charge is 0.261 e. The van der Waals surface area contributed by atoms with E-state index in [9.17, 15) is 9.59 Å². The Morgan fingerprint density at radius 3 is 2.64 bits per heavy atom. The molecule has 0 saturated carbocycles. The molecular weight excluding hydrogens is 383 g/mol. The van der Waals surface area contributed by atoms with E-state index in [0.29, 0.717) is 40.2 Å². The Hall–Kier alpha value is -1.76. The zero-order chi connectivity index (χ0) is 18.2. The van der Waals surface area contributed by atoms with Gasteiger partial charge in [0.25, 0.3) is 11.8 Å². The fraction of sp³-hybridized carbons (Fsp3) is 0.294. The summed E-state index contributed by atoms with van der Waals surface area (Å²) in [6.07, 6.45) is -0.0727. The van der Waals surface area contributed by atoms with E-state index < -0.39 is 6.10 Å². The maximum atomic E-state index is 12.0. The lowest BCUT2D eigenvalue weighted by Gasteiger charge is -2.15. The van der Waals surface area contributed by atoms with Gasteiger partial charge in [0.1, 0.15) is 5.75 Å². The van der Waals surface area contributed by atoms with Crippen LogP contribution in [-0.2, 0) is 4.79 Å². The monoisotopic (exact) mass is 400 g/mol. The van der Waals surface area contributed by atoms with Crippen LogP contribution in [0.25, 0.3) is 0 Å². The molecule has 0 radical (unpaired) electrons. The number of amides is 2. The van der Waals surface area contributed by atoms with Crippen molar-refractivity contribution in [3.63, 3.8) is 0 Å². The number of rotatable bonds is 8. The van der Waals surface area contributed by atoms with Gasteiger partial charge in [-0.1, -0.05) is 29.3 Å². The molecule has 1 heterocycles. The van der Waals surface area contributed by atoms with Gasteiger partial charge in [-0.25, -0.2) is 0 Å². The summed E-state index contributed by atoms with van der Waals surface area (Å²) < 4.78 is 5.54. The van der Waals surface area contributed by atoms with Crippen LogP contribution >= 0.6 is 34.5 Å². The summed E-state index contributed by atoms with van der Waals surface area (Å²) in [6.45, 7) is 2.56. The third-order valence-electron chi connectivity index (χ3n) is 3.25. The minimum atomic E-state index is -0.695. The maximum absolute atomic E-state index is 12.0. The first kappa shape index (κ1) is 19.6. The third-order valence-corrected chi connectivity index (χ3v) is 4.65. The fourth-order valence-corrected chi connectivity index (χ4v) is 3.05. The van der Waals surface area contributed by atoms with Crippen LogP contribution in [0.5, 0.6) is 5.75 Å². The van der Waals surface area contributed by atoms with E-state index >= 15 is 0 Å². The second-order valence-corrected chi connectivity index (χ2v) is 7.00. The predicted octanol–water partition coefficient (Wildman–Crippen LogP) is 3.76. The van der Waals surface area contributed by atoms with Gasteiger partial charge in [0.2, 0.25) is 0 Å². The van der Waals surface area contributed by atoms with Crippen molar-refractivity contribution in [3.8, 4) is 5.75 Å². The van der Waals surface area contributed by atoms with Crippen molar-refractivity contribution in [2.75, 3.05) is 13.1 Å². The quantitative estimate of drug-likeness (QED) is 0.662. The molecule has 0 spiro atoms. The van der Waals surface area contributed by atoms with E-state index in [0.717, 1.165) is 0 Å². The van der Waals surface area contributed by atoms with Gasteiger partial charge in [0, 0.05) is 18.1 Å². The Balaban J connectivity index is 1.66. The normalized spacial score (nSPS) is 11.6. The molecule has 8 heteroatoms. The van der Waals surface area contributed by atoms with E-state index in [1.165, 1.54) is 11.3 Å². The standard InChI is InChI=1S/C17H18Cl2N2O3S/c1-11(24-14-6-5-12(18)10-13(14)19)16(22)20-7-3-8-21-17(23)15-4-2-9-25-15/h2,4-6,9-11H,3,7-8H2,1H3,(H,20,22)(H,21,23)/t11-/m1/s1. The van der Waals surface area contributed by atoms with Crippen molar-refractivity contribution in [2.24, 2.45) is 0 Å². The largest absolute Gasteiger partial charge is 0.479 e. The van der Waals surface area contributed by atoms with Crippen molar-refractivity contribution in [3.05, 3.63) is 50.6 Å². The second kappa shape index (κ2) is 9.65. The van der Waals surface area contributed by atoms with E-state index in [2.05, 4.69) is 10.6 Å². The summed E-state index contributed by atoms with van der Waals surface area (Å²) in [5, 5.41) is 8.26. The Kier molecular flexibility index (Phi) is 7.55. The Morgan fingerprint density at radius 2 is 1.96 bits per heavy atom. The highest BCUT2D eigenvalue weighted by Crippen LogP contribution is 2.28. The Labute approximate surface area is 160 Å². The predicted molar refractivity (Wildman–Crippen MR) is 101 cm³/mol. The molecule has 0 fully saturated rings. The van der Waals surface area contributed by atoms with Gasteiger partial charge in [-0.15, -0.1) is 11.3 Å². The molecular formula is C17H18Cl2N2O3S. The van der Waals surface area contributed by atoms with Crippen LogP contribution in [0.3, 0.4) is 0 Å². The molecule has 1 atom stereocenters. The highest BCUT2D eigenvalue weighted by molar-refractivity contribution is 7.12. The molecule has 2 amide bonds. The Morgan fingerprint density at radius 1 is 1.20 bits per heavy atom. The van der Waals surface area contributed by atoms with Gasteiger partial charge < -0.3 is 15.4 Å². The summed E-state index contributed by atoms with van der Waals surface area (Å²) in [5.41, 5.74) is 0. The molecule has 2 N–H and O–H groups in total. The molecule has 2 aromatic rings. The molecule has 0 unspecified atom stereocenters. The van der Waals surface area contributed by atoms with E-state index in [-0.39, 0.29) is 11.8 Å². The minimum Gasteiger partial charge on any atom is -0.479 e. The van der Waals surface area contributed by atoms with Crippen LogP contribution in [0, 0.1) is 0 Å². The third kappa shape index (κ3) is 6.23. The molecule has 0 aliphatic rings. The van der Waals surface area contributed by atoms with Gasteiger partial charge >= 0.3 is 0 Å². The number of hydrogen-bond donors (Lipinski definition) is 2. The van der Waals surface area contributed by atoms with Crippen molar-refractivity contribution < 1.29 is 14.3 Å². The van der Waals surface area contributed by atoms with Crippen LogP contribution in [0.2, 0.25) is 10.0 Å². The van der Waals surface area contributed by atoms with Crippen molar-refractivity contribution in [1.82, 2.24) is 10.6 Å². The summed E-state index contributed by atoms with van der Waals surface area (Å²) >= 11 is 13.2. The van der Waals surface area contributed by atoms with Crippen LogP contribution in [0.1, 0.15) is 23.0 Å². The summed E-state index contributed by atoms with van der Waals surface area (Å²) in [7, 11) is 0. The maximum Gasteiger partial charge on any atom is 0.261 e. The molecule has 1 aromatic carbocycles. The molecule has 25 heavy (non-hydrogen) atoms. The SMILES string of the molecule is C[C@@H](Oc1ccc(Cl)cc1Cl)C(=O)NCCCNC(=O)c1cccs1. The number of halogens is 2. The lowest BCUT2D eigenvalue weighted by Crippen LogP contribution is -2.37. The molecule has 0 saturated heterocycles. The number of carbonyl (C=O) groups is 2. The van der Waals surface area contributed by atoms with E-state index in [1.807, 2.05) is 11.4 Å². The molecule has 5 nitrogen and oxygen atoms in total. The lowest BCUT2D eigenvalue weighted by atomic mass is 10.3. The molecule has 1 aromatic heterocycles. The fourth-order valence-electron chi connectivity index (χ4n) is 1.96. The van der Waals surface area contributed by atoms with Crippen molar-refractivity contribution >= 4 is 46.4 Å². The average molecular weight is 401 g/mol. The molecule has 2 rings (SSSR count). The first-order valence-electron chi connectivity index (χ1n) is 7.68. The first-order valence-corrected chi connectivity index (χ1v) is 9.32. The molecule has 0 aliphatic heterocycles. The van der Waals surface area contributed by atoms with E-state index in [4.69, 9.17) is 27.9 Å². The average Bonchev–Trinajstić information content (AvgIpc) is 3.11. The number of ether oxygens (including phenoxy) is 1. The second-order valence-electron chi connectivity index (χ2n) is 5.21. The van der Waals surface area contributed by atoms with E-state index in [1.54, 1.807) is 31.2 Å². The number of hydrogen-bond acceptors (Lipinski definition) is 4. The van der Waals surface area contributed by atoms with Gasteiger partial charge in [-0.05, 0) is 43.0 Å². The van der Waals surface area contributed by atoms with Crippen LogP contribution in [0.4, 0.5) is 0 Å². The van der Waals surface area contributed by atoms with Gasteiger partial charge in [-0.3, -0.25) is 9.59 Å². The highest BCUT2D eigenvalue weighted by Gasteiger charge is 2.15. The van der Waals surface area contributed by atoms with Gasteiger partial charge in [-0.2, -0.15) is 0 Å². The molecule has 134 valence electrons. The first-order chi connectivity index (χ1) is 12.0. The zero-order valence-electron chi connectivity index (χ0n) is 13.6. The van der Waals surface area contributed by atoms with Crippen LogP contribution < -0.4 is 15.4 Å². The van der Waals surface area contributed by atoms with Gasteiger partial charge in [0.15, 0.2) is 6.10 Å². The van der Waals surface area contributed by atoms with Gasteiger partial charge in [0.05, 0.1) is 9.90 Å². The zero-order valence-corrected chi connectivity index (χ0v) is 15.9. The highest BCUT2D eigenvalue weighted by atomic mass is 35.5. The number of thiophene rings is 1. The van der Waals surface area contributed by atoms with Crippen molar-refractivity contribution in [2.45, 2.75) is 19.4 Å². The van der Waals surface area contributed by atoms with Crippen LogP contribution in [0.15, 0.2) is 35.7 Å². The Bertz CT molecular complexity index is 723. The number of carbonyl (C=O) groups excluding carboxylic acids is 2. The van der Waals surface area contributed by atoms with Crippen LogP contribution in [-0.4, -0.2) is 31.0 Å². The van der Waals surface area contributed by atoms with Crippen molar-refractivity contribution in [1.29, 1.82) is 0 Å². The summed E-state index contributed by atoms with van der Waals surface area (Å²) in [6, 6.07) is 8.41. The number of nitrogens with one attached hydrogen (secondary N) is 2.